The van der Waals surface area contributed by atoms with E-state index in [4.69, 9.17) is 0 Å². The molecule has 1 saturated carbocycles. The van der Waals surface area contributed by atoms with Gasteiger partial charge in [-0.3, -0.25) is 0 Å². The third-order valence-corrected chi connectivity index (χ3v) is 3.46. The van der Waals surface area contributed by atoms with Crippen molar-refractivity contribution in [2.24, 2.45) is 5.92 Å². The van der Waals surface area contributed by atoms with Gasteiger partial charge in [-0.25, -0.2) is 0 Å². The maximum atomic E-state index is 3.64. The quantitative estimate of drug-likeness (QED) is 0.632. The average molecular weight is 212 g/mol. The van der Waals surface area contributed by atoms with Crippen LogP contribution in [0, 0.1) is 5.92 Å². The van der Waals surface area contributed by atoms with Gasteiger partial charge in [0.2, 0.25) is 0 Å². The molecule has 2 nitrogen and oxygen atoms in total. The first-order chi connectivity index (χ1) is 7.26. The molecule has 1 fully saturated rings. The van der Waals surface area contributed by atoms with E-state index < -0.39 is 0 Å². The second kappa shape index (κ2) is 7.24. The third kappa shape index (κ3) is 6.16. The minimum absolute atomic E-state index is 0.709. The molecule has 0 aromatic carbocycles. The fourth-order valence-electron chi connectivity index (χ4n) is 1.95. The predicted octanol–water partition coefficient (Wildman–Crippen LogP) is 2.50. The molecule has 1 atom stereocenters. The molecule has 0 aromatic rings. The Labute approximate surface area is 95.4 Å². The van der Waals surface area contributed by atoms with E-state index in [2.05, 4.69) is 31.0 Å². The lowest BCUT2D eigenvalue weighted by molar-refractivity contribution is 0.290. The number of hydrogen-bond donors (Lipinski definition) is 1. The van der Waals surface area contributed by atoms with E-state index in [1.54, 1.807) is 0 Å². The Balaban J connectivity index is 1.92. The fraction of sp³-hybridized carbons (Fsp3) is 1.00. The minimum Gasteiger partial charge on any atom is -0.314 e. The van der Waals surface area contributed by atoms with Crippen LogP contribution >= 0.6 is 0 Å². The van der Waals surface area contributed by atoms with Crippen molar-refractivity contribution in [2.75, 3.05) is 26.2 Å². The summed E-state index contributed by atoms with van der Waals surface area (Å²) in [5.74, 6) is 1.01. The van der Waals surface area contributed by atoms with Crippen LogP contribution in [0.15, 0.2) is 0 Å². The maximum absolute atomic E-state index is 3.64. The summed E-state index contributed by atoms with van der Waals surface area (Å²) in [5.41, 5.74) is 0. The molecule has 0 bridgehead atoms. The molecule has 0 amide bonds. The molecule has 0 radical (unpaired) electrons. The van der Waals surface area contributed by atoms with E-state index in [1.807, 2.05) is 0 Å². The van der Waals surface area contributed by atoms with Gasteiger partial charge < -0.3 is 10.2 Å². The van der Waals surface area contributed by atoms with Crippen molar-refractivity contribution >= 4 is 0 Å². The highest BCUT2D eigenvalue weighted by atomic mass is 15.1. The molecular formula is C13H28N2. The van der Waals surface area contributed by atoms with Crippen molar-refractivity contribution in [3.63, 3.8) is 0 Å². The largest absolute Gasteiger partial charge is 0.314 e. The summed E-state index contributed by atoms with van der Waals surface area (Å²) in [7, 11) is 0. The molecule has 1 rings (SSSR count). The Morgan fingerprint density at radius 3 is 2.47 bits per heavy atom. The van der Waals surface area contributed by atoms with Gasteiger partial charge in [0, 0.05) is 6.04 Å². The molecule has 1 aliphatic rings. The van der Waals surface area contributed by atoms with E-state index in [9.17, 15) is 0 Å². The molecule has 2 heteroatoms. The summed E-state index contributed by atoms with van der Waals surface area (Å²) in [6.07, 6.45) is 5.57. The Hall–Kier alpha value is -0.0800. The van der Waals surface area contributed by atoms with Gasteiger partial charge in [-0.1, -0.05) is 13.8 Å². The molecule has 0 heterocycles. The van der Waals surface area contributed by atoms with Crippen LogP contribution in [0.1, 0.15) is 46.5 Å². The minimum atomic E-state index is 0.709. The van der Waals surface area contributed by atoms with Crippen LogP contribution in [0.4, 0.5) is 0 Å². The summed E-state index contributed by atoms with van der Waals surface area (Å²) in [6.45, 7) is 11.7. The van der Waals surface area contributed by atoms with Gasteiger partial charge in [-0.15, -0.1) is 0 Å². The summed E-state index contributed by atoms with van der Waals surface area (Å²) >= 11 is 0. The van der Waals surface area contributed by atoms with Gasteiger partial charge in [-0.2, -0.15) is 0 Å². The first kappa shape index (κ1) is 13.0. The van der Waals surface area contributed by atoms with Crippen LogP contribution in [0.25, 0.3) is 0 Å². The fourth-order valence-corrected chi connectivity index (χ4v) is 1.95. The number of hydrogen-bond acceptors (Lipinski definition) is 2. The molecule has 1 N–H and O–H groups in total. The van der Waals surface area contributed by atoms with Gasteiger partial charge in [0.25, 0.3) is 0 Å². The topological polar surface area (TPSA) is 15.3 Å². The SMILES string of the molecule is CCN(CC)CCCC(C)NCC1CC1. The van der Waals surface area contributed by atoms with Gasteiger partial charge in [-0.05, 0) is 64.7 Å². The molecule has 0 saturated heterocycles. The Bertz CT molecular complexity index is 151. The zero-order chi connectivity index (χ0) is 11.1. The monoisotopic (exact) mass is 212 g/mol. The lowest BCUT2D eigenvalue weighted by Gasteiger charge is -2.19. The molecule has 0 aliphatic heterocycles. The molecule has 0 aromatic heterocycles. The first-order valence-electron chi connectivity index (χ1n) is 6.72. The standard InChI is InChI=1S/C13H28N2/c1-4-15(5-2)10-6-7-12(3)14-11-13-8-9-13/h12-14H,4-11H2,1-3H3. The van der Waals surface area contributed by atoms with Crippen molar-refractivity contribution in [2.45, 2.75) is 52.5 Å². The highest BCUT2D eigenvalue weighted by Crippen LogP contribution is 2.27. The van der Waals surface area contributed by atoms with E-state index in [0.717, 1.165) is 5.92 Å². The highest BCUT2D eigenvalue weighted by molar-refractivity contribution is 4.76. The van der Waals surface area contributed by atoms with Crippen LogP contribution in [-0.4, -0.2) is 37.1 Å². The maximum Gasteiger partial charge on any atom is 0.00393 e. The molecule has 15 heavy (non-hydrogen) atoms. The number of nitrogens with zero attached hydrogens (tertiary/aromatic N) is 1. The predicted molar refractivity (Wildman–Crippen MR) is 67.2 cm³/mol. The molecule has 1 aliphatic carbocycles. The lowest BCUT2D eigenvalue weighted by Crippen LogP contribution is -2.30. The van der Waals surface area contributed by atoms with Crippen LogP contribution in [0.2, 0.25) is 0 Å². The molecule has 90 valence electrons. The van der Waals surface area contributed by atoms with Gasteiger partial charge in [0.15, 0.2) is 0 Å². The van der Waals surface area contributed by atoms with Crippen molar-refractivity contribution in [3.8, 4) is 0 Å². The van der Waals surface area contributed by atoms with E-state index >= 15 is 0 Å². The van der Waals surface area contributed by atoms with E-state index in [1.165, 1.54) is 51.9 Å². The summed E-state index contributed by atoms with van der Waals surface area (Å²) in [5, 5.41) is 3.64. The van der Waals surface area contributed by atoms with Crippen molar-refractivity contribution in [3.05, 3.63) is 0 Å². The van der Waals surface area contributed by atoms with Gasteiger partial charge in [0.05, 0.1) is 0 Å². The second-order valence-electron chi connectivity index (χ2n) is 4.92. The number of rotatable bonds is 9. The zero-order valence-electron chi connectivity index (χ0n) is 10.8. The van der Waals surface area contributed by atoms with Crippen molar-refractivity contribution < 1.29 is 0 Å². The average Bonchev–Trinajstić information content (AvgIpc) is 3.05. The Morgan fingerprint density at radius 1 is 1.27 bits per heavy atom. The smallest absolute Gasteiger partial charge is 0.00393 e. The van der Waals surface area contributed by atoms with Gasteiger partial charge in [0.1, 0.15) is 0 Å². The zero-order valence-corrected chi connectivity index (χ0v) is 10.8. The van der Waals surface area contributed by atoms with Crippen LogP contribution in [-0.2, 0) is 0 Å². The van der Waals surface area contributed by atoms with Crippen LogP contribution < -0.4 is 5.32 Å². The van der Waals surface area contributed by atoms with Crippen LogP contribution in [0.3, 0.4) is 0 Å². The summed E-state index contributed by atoms with van der Waals surface area (Å²) in [6, 6.07) is 0.709. The third-order valence-electron chi connectivity index (χ3n) is 3.46. The van der Waals surface area contributed by atoms with Gasteiger partial charge >= 0.3 is 0 Å². The molecular weight excluding hydrogens is 184 g/mol. The molecule has 1 unspecified atom stereocenters. The van der Waals surface area contributed by atoms with Crippen molar-refractivity contribution in [1.29, 1.82) is 0 Å². The first-order valence-corrected chi connectivity index (χ1v) is 6.72. The van der Waals surface area contributed by atoms with E-state index in [0.29, 0.717) is 6.04 Å². The van der Waals surface area contributed by atoms with Crippen molar-refractivity contribution in [1.82, 2.24) is 10.2 Å². The van der Waals surface area contributed by atoms with Crippen LogP contribution in [0.5, 0.6) is 0 Å². The normalized spacial score (nSPS) is 18.4. The highest BCUT2D eigenvalue weighted by Gasteiger charge is 2.21. The second-order valence-corrected chi connectivity index (χ2v) is 4.92. The molecule has 0 spiro atoms. The summed E-state index contributed by atoms with van der Waals surface area (Å²) in [4.78, 5) is 2.51. The lowest BCUT2D eigenvalue weighted by atomic mass is 10.1. The summed E-state index contributed by atoms with van der Waals surface area (Å²) < 4.78 is 0. The van der Waals surface area contributed by atoms with E-state index in [-0.39, 0.29) is 0 Å². The number of nitrogens with one attached hydrogen (secondary N) is 1. The Morgan fingerprint density at radius 2 is 1.93 bits per heavy atom. The Kier molecular flexibility index (Phi) is 6.26.